The summed E-state index contributed by atoms with van der Waals surface area (Å²) in [5, 5.41) is 20.5. The fourth-order valence-corrected chi connectivity index (χ4v) is 2.50. The van der Waals surface area contributed by atoms with Crippen LogP contribution in [0.5, 0.6) is 0 Å². The van der Waals surface area contributed by atoms with E-state index in [1.807, 2.05) is 6.92 Å². The van der Waals surface area contributed by atoms with Crippen LogP contribution in [-0.4, -0.2) is 34.6 Å². The molecule has 0 spiro atoms. The maximum absolute atomic E-state index is 10.9. The van der Waals surface area contributed by atoms with Crippen LogP contribution in [0.1, 0.15) is 39.0 Å². The molecule has 0 bridgehead atoms. The summed E-state index contributed by atoms with van der Waals surface area (Å²) in [6.07, 6.45) is 3.23. The summed E-state index contributed by atoms with van der Waals surface area (Å²) in [5.41, 5.74) is 0.123. The number of aliphatic hydroxyl groups excluding tert-OH is 1. The van der Waals surface area contributed by atoms with E-state index in [4.69, 9.17) is 9.47 Å². The molecule has 0 aromatic rings. The first kappa shape index (κ1) is 13.5. The Labute approximate surface area is 106 Å². The zero-order valence-corrected chi connectivity index (χ0v) is 10.4. The first-order chi connectivity index (χ1) is 8.56. The van der Waals surface area contributed by atoms with Gasteiger partial charge in [0.15, 0.2) is 12.4 Å². The second-order valence-corrected chi connectivity index (χ2v) is 4.94. The molecule has 0 saturated carbocycles. The number of hydrogen-bond acceptors (Lipinski definition) is 5. The smallest absolute Gasteiger partial charge is 0.270 e. The van der Waals surface area contributed by atoms with Gasteiger partial charge in [-0.25, -0.2) is 0 Å². The van der Waals surface area contributed by atoms with E-state index >= 15 is 0 Å². The Kier molecular flexibility index (Phi) is 4.31. The summed E-state index contributed by atoms with van der Waals surface area (Å²) in [6.45, 7) is 1.86. The zero-order chi connectivity index (χ0) is 13.1. The summed E-state index contributed by atoms with van der Waals surface area (Å²) in [4.78, 5) is 10.5. The van der Waals surface area contributed by atoms with Crippen LogP contribution in [0, 0.1) is 10.1 Å². The van der Waals surface area contributed by atoms with Gasteiger partial charge >= 0.3 is 0 Å². The highest BCUT2D eigenvalue weighted by molar-refractivity contribution is 5.03. The van der Waals surface area contributed by atoms with Gasteiger partial charge in [-0.1, -0.05) is 0 Å². The van der Waals surface area contributed by atoms with E-state index in [1.54, 1.807) is 6.08 Å². The molecule has 2 rings (SSSR count). The monoisotopic (exact) mass is 257 g/mol. The van der Waals surface area contributed by atoms with Crippen LogP contribution < -0.4 is 0 Å². The van der Waals surface area contributed by atoms with Gasteiger partial charge in [0, 0.05) is 6.42 Å². The molecule has 0 aromatic carbocycles. The highest BCUT2D eigenvalue weighted by Crippen LogP contribution is 2.27. The molecule has 1 fully saturated rings. The Balaban J connectivity index is 1.97. The van der Waals surface area contributed by atoms with Crippen molar-refractivity contribution in [2.45, 2.75) is 63.6 Å². The molecule has 1 unspecified atom stereocenters. The largest absolute Gasteiger partial charge is 0.393 e. The third-order valence-electron chi connectivity index (χ3n) is 3.33. The summed E-state index contributed by atoms with van der Waals surface area (Å²) in [7, 11) is 0. The predicted octanol–water partition coefficient (Wildman–Crippen LogP) is 1.60. The Bertz CT molecular complexity index is 333. The van der Waals surface area contributed by atoms with E-state index in [1.165, 1.54) is 0 Å². The van der Waals surface area contributed by atoms with E-state index < -0.39 is 18.5 Å². The van der Waals surface area contributed by atoms with E-state index in [2.05, 4.69) is 0 Å². The molecule has 0 radical (unpaired) electrons. The molecule has 1 N–H and O–H groups in total. The first-order valence-corrected chi connectivity index (χ1v) is 6.39. The fourth-order valence-electron chi connectivity index (χ4n) is 2.50. The lowest BCUT2D eigenvalue weighted by Crippen LogP contribution is -2.39. The Morgan fingerprint density at radius 3 is 3.00 bits per heavy atom. The zero-order valence-electron chi connectivity index (χ0n) is 10.4. The second kappa shape index (κ2) is 5.77. The molecule has 6 nitrogen and oxygen atoms in total. The van der Waals surface area contributed by atoms with Crippen molar-refractivity contribution in [2.24, 2.45) is 0 Å². The van der Waals surface area contributed by atoms with Gasteiger partial charge in [-0.15, -0.1) is 0 Å². The van der Waals surface area contributed by atoms with Crippen molar-refractivity contribution in [2.75, 3.05) is 0 Å². The van der Waals surface area contributed by atoms with Crippen LogP contribution in [-0.2, 0) is 9.47 Å². The van der Waals surface area contributed by atoms with Crippen LogP contribution in [0.4, 0.5) is 0 Å². The SMILES string of the molecule is C[C@@H]1C[C@H](O)C[C@H](OC2CCCC=C2[N+](=O)[O-])O1. The molecule has 1 aliphatic carbocycles. The van der Waals surface area contributed by atoms with Crippen molar-refractivity contribution in [3.8, 4) is 0 Å². The molecule has 1 saturated heterocycles. The highest BCUT2D eigenvalue weighted by Gasteiger charge is 2.34. The molecular weight excluding hydrogens is 238 g/mol. The molecule has 6 heteroatoms. The number of allylic oxidation sites excluding steroid dienone is 1. The maximum Gasteiger partial charge on any atom is 0.270 e. The molecule has 2 aliphatic rings. The number of aliphatic hydroxyl groups is 1. The average Bonchev–Trinajstić information content (AvgIpc) is 2.27. The van der Waals surface area contributed by atoms with Crippen LogP contribution in [0.15, 0.2) is 11.8 Å². The van der Waals surface area contributed by atoms with Crippen molar-refractivity contribution in [1.29, 1.82) is 0 Å². The summed E-state index contributed by atoms with van der Waals surface area (Å²) in [5.74, 6) is 0. The van der Waals surface area contributed by atoms with Gasteiger partial charge in [0.2, 0.25) is 0 Å². The van der Waals surface area contributed by atoms with Crippen molar-refractivity contribution in [1.82, 2.24) is 0 Å². The lowest BCUT2D eigenvalue weighted by atomic mass is 10.0. The van der Waals surface area contributed by atoms with Crippen LogP contribution in [0.3, 0.4) is 0 Å². The van der Waals surface area contributed by atoms with Gasteiger partial charge in [0.25, 0.3) is 5.70 Å². The Hall–Kier alpha value is -0.980. The number of nitrogens with zero attached hydrogens (tertiary/aromatic N) is 1. The lowest BCUT2D eigenvalue weighted by molar-refractivity contribution is -0.442. The number of hydrogen-bond donors (Lipinski definition) is 1. The predicted molar refractivity (Wildman–Crippen MR) is 63.4 cm³/mol. The average molecular weight is 257 g/mol. The topological polar surface area (TPSA) is 81.8 Å². The first-order valence-electron chi connectivity index (χ1n) is 6.39. The van der Waals surface area contributed by atoms with E-state index in [0.29, 0.717) is 19.3 Å². The molecule has 4 atom stereocenters. The summed E-state index contributed by atoms with van der Waals surface area (Å²) in [6, 6.07) is 0. The van der Waals surface area contributed by atoms with E-state index in [-0.39, 0.29) is 16.7 Å². The minimum absolute atomic E-state index is 0.0784. The van der Waals surface area contributed by atoms with Crippen molar-refractivity contribution in [3.63, 3.8) is 0 Å². The molecule has 0 aromatic heterocycles. The number of ether oxygens (including phenoxy) is 2. The lowest BCUT2D eigenvalue weighted by Gasteiger charge is -2.33. The third kappa shape index (κ3) is 3.28. The molecule has 1 heterocycles. The van der Waals surface area contributed by atoms with Crippen LogP contribution >= 0.6 is 0 Å². The van der Waals surface area contributed by atoms with Gasteiger partial charge in [-0.05, 0) is 38.7 Å². The molecule has 18 heavy (non-hydrogen) atoms. The van der Waals surface area contributed by atoms with Crippen LogP contribution in [0.25, 0.3) is 0 Å². The van der Waals surface area contributed by atoms with Gasteiger partial charge in [-0.2, -0.15) is 0 Å². The van der Waals surface area contributed by atoms with Crippen molar-refractivity contribution in [3.05, 3.63) is 21.9 Å². The van der Waals surface area contributed by atoms with Crippen LogP contribution in [0.2, 0.25) is 0 Å². The minimum atomic E-state index is -0.546. The fraction of sp³-hybridized carbons (Fsp3) is 0.833. The summed E-state index contributed by atoms with van der Waals surface area (Å²) < 4.78 is 11.2. The quantitative estimate of drug-likeness (QED) is 0.613. The van der Waals surface area contributed by atoms with E-state index in [9.17, 15) is 15.2 Å². The maximum atomic E-state index is 10.9. The third-order valence-corrected chi connectivity index (χ3v) is 3.33. The van der Waals surface area contributed by atoms with Crippen molar-refractivity contribution < 1.29 is 19.5 Å². The Morgan fingerprint density at radius 2 is 2.33 bits per heavy atom. The van der Waals surface area contributed by atoms with Gasteiger partial charge in [-0.3, -0.25) is 10.1 Å². The molecule has 102 valence electrons. The molecular formula is C12H19NO5. The van der Waals surface area contributed by atoms with Gasteiger partial charge < -0.3 is 14.6 Å². The molecule has 1 aliphatic heterocycles. The normalized spacial score (nSPS) is 37.1. The second-order valence-electron chi connectivity index (χ2n) is 4.94. The van der Waals surface area contributed by atoms with Gasteiger partial charge in [0.1, 0.15) is 0 Å². The summed E-state index contributed by atoms with van der Waals surface area (Å²) >= 11 is 0. The standard InChI is InChI=1S/C12H19NO5/c1-8-6-9(14)7-12(17-8)18-11-5-3-2-4-10(11)13(15)16/h4,8-9,11-12,14H,2-3,5-7H2,1H3/t8-,9+,11?,12+/m1/s1. The minimum Gasteiger partial charge on any atom is -0.393 e. The van der Waals surface area contributed by atoms with Gasteiger partial charge in [0.05, 0.1) is 17.1 Å². The Morgan fingerprint density at radius 1 is 1.56 bits per heavy atom. The number of rotatable bonds is 3. The number of nitro groups is 1. The highest BCUT2D eigenvalue weighted by atomic mass is 16.7. The van der Waals surface area contributed by atoms with Crippen molar-refractivity contribution >= 4 is 0 Å². The van der Waals surface area contributed by atoms with E-state index in [0.717, 1.165) is 12.8 Å². The molecule has 0 amide bonds.